The van der Waals surface area contributed by atoms with E-state index in [1.54, 1.807) is 25.1 Å². The van der Waals surface area contributed by atoms with E-state index < -0.39 is 5.97 Å². The topological polar surface area (TPSA) is 74.3 Å². The van der Waals surface area contributed by atoms with Crippen LogP contribution >= 0.6 is 22.9 Å². The van der Waals surface area contributed by atoms with Crippen LogP contribution in [0.1, 0.15) is 21.9 Å². The molecule has 0 atom stereocenters. The van der Waals surface area contributed by atoms with Gasteiger partial charge in [-0.1, -0.05) is 23.7 Å². The van der Waals surface area contributed by atoms with Crippen molar-refractivity contribution in [2.45, 2.75) is 13.5 Å². The van der Waals surface area contributed by atoms with Crippen molar-refractivity contribution in [3.05, 3.63) is 74.5 Å². The highest BCUT2D eigenvalue weighted by Crippen LogP contribution is 2.31. The fourth-order valence-electron chi connectivity index (χ4n) is 3.02. The van der Waals surface area contributed by atoms with Gasteiger partial charge in [-0.05, 0) is 30.7 Å². The molecule has 0 N–H and O–H groups in total. The van der Waals surface area contributed by atoms with Crippen molar-refractivity contribution in [2.75, 3.05) is 7.11 Å². The molecule has 0 fully saturated rings. The van der Waals surface area contributed by atoms with E-state index in [9.17, 15) is 9.59 Å². The monoisotopic (exact) mass is 414 g/mol. The number of benzene rings is 1. The third kappa shape index (κ3) is 3.23. The molecule has 0 aliphatic carbocycles. The van der Waals surface area contributed by atoms with Crippen LogP contribution in [0.2, 0.25) is 5.02 Å². The summed E-state index contributed by atoms with van der Waals surface area (Å²) in [4.78, 5) is 29.9. The van der Waals surface area contributed by atoms with Crippen LogP contribution in [0.3, 0.4) is 0 Å². The van der Waals surface area contributed by atoms with Crippen LogP contribution in [0.5, 0.6) is 0 Å². The molecule has 3 aromatic heterocycles. The lowest BCUT2D eigenvalue weighted by Gasteiger charge is -2.04. The van der Waals surface area contributed by atoms with Crippen molar-refractivity contribution in [1.29, 1.82) is 0 Å². The Morgan fingerprint density at radius 2 is 2.07 bits per heavy atom. The van der Waals surface area contributed by atoms with E-state index in [4.69, 9.17) is 20.8 Å². The molecule has 0 saturated heterocycles. The molecule has 0 unspecified atom stereocenters. The van der Waals surface area contributed by atoms with Gasteiger partial charge in [-0.15, -0.1) is 11.3 Å². The van der Waals surface area contributed by atoms with E-state index >= 15 is 0 Å². The van der Waals surface area contributed by atoms with Crippen molar-refractivity contribution in [3.8, 4) is 11.1 Å². The molecule has 142 valence electrons. The molecule has 4 rings (SSSR count). The first kappa shape index (κ1) is 18.5. The third-order valence-electron chi connectivity index (χ3n) is 4.42. The summed E-state index contributed by atoms with van der Waals surface area (Å²) >= 11 is 7.38. The van der Waals surface area contributed by atoms with E-state index in [1.807, 2.05) is 17.5 Å². The number of esters is 1. The number of carbonyl (C=O) groups excluding carboxylic acids is 1. The SMILES string of the molecule is COC(=O)c1cc(Cn2cnc3scc(-c4ccc(Cl)cc4)c3c2=O)oc1C. The van der Waals surface area contributed by atoms with Gasteiger partial charge in [0.2, 0.25) is 0 Å². The first-order valence-corrected chi connectivity index (χ1v) is 9.64. The number of aromatic nitrogens is 2. The maximum Gasteiger partial charge on any atom is 0.341 e. The van der Waals surface area contributed by atoms with Crippen molar-refractivity contribution in [2.24, 2.45) is 0 Å². The summed E-state index contributed by atoms with van der Waals surface area (Å²) in [5.41, 5.74) is 1.88. The van der Waals surface area contributed by atoms with Gasteiger partial charge in [0.1, 0.15) is 21.9 Å². The molecule has 4 aromatic rings. The summed E-state index contributed by atoms with van der Waals surface area (Å²) < 4.78 is 11.8. The third-order valence-corrected chi connectivity index (χ3v) is 5.55. The minimum absolute atomic E-state index is 0.162. The quantitative estimate of drug-likeness (QED) is 0.459. The zero-order chi connectivity index (χ0) is 19.8. The van der Waals surface area contributed by atoms with E-state index in [2.05, 4.69) is 4.98 Å². The van der Waals surface area contributed by atoms with Gasteiger partial charge in [-0.3, -0.25) is 9.36 Å². The number of hydrogen-bond acceptors (Lipinski definition) is 6. The average Bonchev–Trinajstić information content (AvgIpc) is 3.28. The Hall–Kier alpha value is -2.90. The zero-order valence-corrected chi connectivity index (χ0v) is 16.6. The van der Waals surface area contributed by atoms with Crippen molar-refractivity contribution in [1.82, 2.24) is 9.55 Å². The van der Waals surface area contributed by atoms with E-state index in [1.165, 1.54) is 29.3 Å². The lowest BCUT2D eigenvalue weighted by molar-refractivity contribution is 0.0599. The molecule has 8 heteroatoms. The largest absolute Gasteiger partial charge is 0.465 e. The normalized spacial score (nSPS) is 11.1. The van der Waals surface area contributed by atoms with Gasteiger partial charge in [0, 0.05) is 16.0 Å². The number of thiophene rings is 1. The highest BCUT2D eigenvalue weighted by atomic mass is 35.5. The van der Waals surface area contributed by atoms with E-state index in [-0.39, 0.29) is 12.1 Å². The van der Waals surface area contributed by atoms with Crippen molar-refractivity contribution < 1.29 is 13.9 Å². The van der Waals surface area contributed by atoms with Crippen molar-refractivity contribution >= 4 is 39.1 Å². The highest BCUT2D eigenvalue weighted by Gasteiger charge is 2.18. The smallest absolute Gasteiger partial charge is 0.341 e. The van der Waals surface area contributed by atoms with Gasteiger partial charge in [-0.25, -0.2) is 9.78 Å². The lowest BCUT2D eigenvalue weighted by Crippen LogP contribution is -2.20. The van der Waals surface area contributed by atoms with Crippen LogP contribution in [0.25, 0.3) is 21.3 Å². The number of furan rings is 1. The number of rotatable bonds is 4. The highest BCUT2D eigenvalue weighted by molar-refractivity contribution is 7.17. The Bertz CT molecular complexity index is 1240. The maximum atomic E-state index is 13.1. The summed E-state index contributed by atoms with van der Waals surface area (Å²) in [5, 5.41) is 3.10. The van der Waals surface area contributed by atoms with Gasteiger partial charge in [0.05, 0.1) is 25.4 Å². The Labute approximate surface area is 169 Å². The Kier molecular flexibility index (Phi) is 4.78. The van der Waals surface area contributed by atoms with Crippen molar-refractivity contribution in [3.63, 3.8) is 0 Å². The fraction of sp³-hybridized carbons (Fsp3) is 0.150. The molecule has 6 nitrogen and oxygen atoms in total. The summed E-state index contributed by atoms with van der Waals surface area (Å²) in [5.74, 6) is 0.446. The standard InChI is InChI=1S/C20H15ClN2O4S/c1-11-15(20(25)26-2)7-14(27-11)8-23-10-22-18-17(19(23)24)16(9-28-18)12-3-5-13(21)6-4-12/h3-7,9-10H,8H2,1-2H3. The second-order valence-corrected chi connectivity index (χ2v) is 7.48. The summed E-state index contributed by atoms with van der Waals surface area (Å²) in [7, 11) is 1.31. The number of fused-ring (bicyclic) bond motifs is 1. The molecule has 0 radical (unpaired) electrons. The molecule has 0 amide bonds. The molecule has 0 spiro atoms. The Balaban J connectivity index is 1.76. The van der Waals surface area contributed by atoms with Crippen LogP contribution < -0.4 is 5.56 Å². The minimum Gasteiger partial charge on any atom is -0.465 e. The number of nitrogens with zero attached hydrogens (tertiary/aromatic N) is 2. The van der Waals surface area contributed by atoms with E-state index in [0.29, 0.717) is 32.3 Å². The maximum absolute atomic E-state index is 13.1. The molecular formula is C20H15ClN2O4S. The second-order valence-electron chi connectivity index (χ2n) is 6.19. The predicted octanol–water partition coefficient (Wildman–Crippen LogP) is 4.51. The average molecular weight is 415 g/mol. The van der Waals surface area contributed by atoms with Gasteiger partial charge < -0.3 is 9.15 Å². The number of hydrogen-bond donors (Lipinski definition) is 0. The Morgan fingerprint density at radius 1 is 1.32 bits per heavy atom. The predicted molar refractivity (Wildman–Crippen MR) is 108 cm³/mol. The second kappa shape index (κ2) is 7.26. The van der Waals surface area contributed by atoms with Gasteiger partial charge in [0.15, 0.2) is 0 Å². The molecule has 0 aliphatic rings. The molecule has 3 heterocycles. The summed E-state index contributed by atoms with van der Waals surface area (Å²) in [6, 6.07) is 8.91. The molecular weight excluding hydrogens is 400 g/mol. The van der Waals surface area contributed by atoms with E-state index in [0.717, 1.165) is 11.1 Å². The fourth-order valence-corrected chi connectivity index (χ4v) is 4.06. The molecule has 0 aliphatic heterocycles. The number of aryl methyl sites for hydroxylation is 1. The minimum atomic E-state index is -0.476. The first-order chi connectivity index (χ1) is 13.5. The number of halogens is 1. The van der Waals surface area contributed by atoms with Gasteiger partial charge >= 0.3 is 5.97 Å². The number of carbonyl (C=O) groups is 1. The van der Waals surface area contributed by atoms with Crippen LogP contribution in [-0.2, 0) is 11.3 Å². The summed E-state index contributed by atoms with van der Waals surface area (Å²) in [6.07, 6.45) is 1.49. The number of ether oxygens (including phenoxy) is 1. The molecule has 1 aromatic carbocycles. The van der Waals surface area contributed by atoms with Crippen LogP contribution in [0.4, 0.5) is 0 Å². The molecule has 28 heavy (non-hydrogen) atoms. The molecule has 0 bridgehead atoms. The van der Waals surface area contributed by atoms with Gasteiger partial charge in [-0.2, -0.15) is 0 Å². The zero-order valence-electron chi connectivity index (χ0n) is 15.1. The Morgan fingerprint density at radius 3 is 2.79 bits per heavy atom. The lowest BCUT2D eigenvalue weighted by atomic mass is 10.1. The summed E-state index contributed by atoms with van der Waals surface area (Å²) in [6.45, 7) is 1.84. The van der Waals surface area contributed by atoms with Crippen LogP contribution in [0, 0.1) is 6.92 Å². The molecule has 0 saturated carbocycles. The first-order valence-electron chi connectivity index (χ1n) is 8.38. The van der Waals surface area contributed by atoms with Crippen LogP contribution in [-0.4, -0.2) is 22.6 Å². The number of methoxy groups -OCH3 is 1. The van der Waals surface area contributed by atoms with Crippen LogP contribution in [0.15, 0.2) is 51.3 Å². The van der Waals surface area contributed by atoms with Gasteiger partial charge in [0.25, 0.3) is 5.56 Å².